The van der Waals surface area contributed by atoms with Gasteiger partial charge in [-0.2, -0.15) is 0 Å². The van der Waals surface area contributed by atoms with E-state index in [2.05, 4.69) is 0 Å². The summed E-state index contributed by atoms with van der Waals surface area (Å²) in [5, 5.41) is 0.850. The Kier molecular flexibility index (Phi) is 6.16. The van der Waals surface area contributed by atoms with Gasteiger partial charge in [-0.05, 0) is 49.9 Å². The molecule has 0 spiro atoms. The number of para-hydroxylation sites is 1. The molecule has 2 aromatic rings. The van der Waals surface area contributed by atoms with Crippen LogP contribution in [0.3, 0.4) is 0 Å². The van der Waals surface area contributed by atoms with E-state index in [4.69, 9.17) is 16.3 Å². The van der Waals surface area contributed by atoms with Crippen LogP contribution in [0.4, 0.5) is 9.80 Å². The number of halogens is 1. The molecule has 1 unspecified atom stereocenters. The third-order valence-electron chi connectivity index (χ3n) is 4.79. The number of piperidine rings is 1. The Morgan fingerprint density at radius 3 is 2.54 bits per heavy atom. The number of likely N-dealkylation sites (tertiary alicyclic amines) is 1. The van der Waals surface area contributed by atoms with Crippen molar-refractivity contribution in [2.45, 2.75) is 25.8 Å². The van der Waals surface area contributed by atoms with E-state index in [1.165, 1.54) is 11.3 Å². The zero-order valence-electron chi connectivity index (χ0n) is 14.5. The maximum absolute atomic E-state index is 12.3. The molecule has 26 heavy (non-hydrogen) atoms. The average Bonchev–Trinajstić information content (AvgIpc) is 3.09. The van der Waals surface area contributed by atoms with Crippen molar-refractivity contribution < 1.29 is 14.3 Å². The topological polar surface area (TPSA) is 49.9 Å². The van der Waals surface area contributed by atoms with Crippen LogP contribution in [0, 0.1) is 5.92 Å². The molecule has 1 aromatic heterocycles. The molecular formula is C19H21ClN2O3S. The molecule has 0 aliphatic carbocycles. The van der Waals surface area contributed by atoms with Crippen LogP contribution in [-0.2, 0) is 4.79 Å². The van der Waals surface area contributed by atoms with Crippen molar-refractivity contribution in [3.8, 4) is 5.75 Å². The smallest absolute Gasteiger partial charge is 0.410 e. The lowest BCUT2D eigenvalue weighted by Gasteiger charge is -2.37. The molecule has 1 aliphatic rings. The second-order valence-corrected chi connectivity index (χ2v) is 8.03. The van der Waals surface area contributed by atoms with Crippen molar-refractivity contribution in [3.05, 3.63) is 46.8 Å². The number of ether oxygens (including phenoxy) is 1. The number of hydrogen-bond donors (Lipinski definition) is 0. The number of rotatable bonds is 5. The minimum absolute atomic E-state index is 0.0505. The molecular weight excluding hydrogens is 372 g/mol. The Morgan fingerprint density at radius 2 is 1.96 bits per heavy atom. The molecule has 1 aliphatic heterocycles. The van der Waals surface area contributed by atoms with Gasteiger partial charge >= 0.3 is 6.09 Å². The Balaban J connectivity index is 1.55. The summed E-state index contributed by atoms with van der Waals surface area (Å²) in [4.78, 5) is 27.3. The average molecular weight is 393 g/mol. The number of amides is 2. The van der Waals surface area contributed by atoms with Crippen LogP contribution >= 0.6 is 22.9 Å². The molecule has 3 rings (SSSR count). The highest BCUT2D eigenvalue weighted by Gasteiger charge is 2.30. The van der Waals surface area contributed by atoms with E-state index in [9.17, 15) is 9.59 Å². The number of anilines is 1. The molecule has 138 valence electrons. The summed E-state index contributed by atoms with van der Waals surface area (Å²) in [5.41, 5.74) is 0. The molecule has 1 saturated heterocycles. The van der Waals surface area contributed by atoms with E-state index in [-0.39, 0.29) is 12.1 Å². The van der Waals surface area contributed by atoms with Crippen molar-refractivity contribution in [3.63, 3.8) is 0 Å². The van der Waals surface area contributed by atoms with Gasteiger partial charge in [0, 0.05) is 19.1 Å². The van der Waals surface area contributed by atoms with Gasteiger partial charge in [-0.1, -0.05) is 29.8 Å². The lowest BCUT2D eigenvalue weighted by molar-refractivity contribution is -0.108. The zero-order chi connectivity index (χ0) is 18.5. The number of benzene rings is 1. The summed E-state index contributed by atoms with van der Waals surface area (Å²) in [5.74, 6) is 0.872. The minimum Gasteiger partial charge on any atom is -0.410 e. The molecule has 2 heterocycles. The third-order valence-corrected chi connectivity index (χ3v) is 6.04. The summed E-state index contributed by atoms with van der Waals surface area (Å²) >= 11 is 7.39. The standard InChI is InChI=1S/C19H21ClN2O3S/c1-14(22(13-23)18-8-7-17(20)26-18)15-9-11-21(12-10-15)19(24)25-16-5-3-2-4-6-16/h2-8,13-15H,9-12H2,1H3. The third kappa shape index (κ3) is 4.37. The van der Waals surface area contributed by atoms with Crippen LogP contribution in [0.5, 0.6) is 5.75 Å². The van der Waals surface area contributed by atoms with Gasteiger partial charge in [-0.25, -0.2) is 4.79 Å². The van der Waals surface area contributed by atoms with Gasteiger partial charge in [0.05, 0.1) is 9.34 Å². The zero-order valence-corrected chi connectivity index (χ0v) is 16.1. The van der Waals surface area contributed by atoms with Crippen LogP contribution in [0.15, 0.2) is 42.5 Å². The maximum atomic E-state index is 12.3. The quantitative estimate of drug-likeness (QED) is 0.695. The second-order valence-electron chi connectivity index (χ2n) is 6.34. The van der Waals surface area contributed by atoms with Gasteiger partial charge in [-0.3, -0.25) is 4.79 Å². The van der Waals surface area contributed by atoms with E-state index in [1.807, 2.05) is 31.2 Å². The lowest BCUT2D eigenvalue weighted by Crippen LogP contribution is -2.46. The normalized spacial score (nSPS) is 16.2. The first kappa shape index (κ1) is 18.7. The van der Waals surface area contributed by atoms with Gasteiger partial charge in [0.25, 0.3) is 0 Å². The number of nitrogens with zero attached hydrogens (tertiary/aromatic N) is 2. The van der Waals surface area contributed by atoms with Crippen LogP contribution in [0.1, 0.15) is 19.8 Å². The highest BCUT2D eigenvalue weighted by Crippen LogP contribution is 2.33. The number of carbonyl (C=O) groups is 2. The van der Waals surface area contributed by atoms with E-state index in [0.29, 0.717) is 29.1 Å². The second kappa shape index (κ2) is 8.56. The molecule has 7 heteroatoms. The minimum atomic E-state index is -0.320. The fraction of sp³-hybridized carbons (Fsp3) is 0.368. The summed E-state index contributed by atoms with van der Waals surface area (Å²) in [6.45, 7) is 3.29. The first-order chi connectivity index (χ1) is 12.6. The largest absolute Gasteiger partial charge is 0.415 e. The van der Waals surface area contributed by atoms with Crippen molar-refractivity contribution in [2.24, 2.45) is 5.92 Å². The Hall–Kier alpha value is -2.05. The molecule has 0 radical (unpaired) electrons. The molecule has 0 N–H and O–H groups in total. The monoisotopic (exact) mass is 392 g/mol. The highest BCUT2D eigenvalue weighted by molar-refractivity contribution is 7.20. The molecule has 0 bridgehead atoms. The van der Waals surface area contributed by atoms with Gasteiger partial charge in [0.15, 0.2) is 0 Å². The predicted molar refractivity (Wildman–Crippen MR) is 104 cm³/mol. The van der Waals surface area contributed by atoms with E-state index >= 15 is 0 Å². The number of hydrogen-bond acceptors (Lipinski definition) is 4. The van der Waals surface area contributed by atoms with Gasteiger partial charge in [-0.15, -0.1) is 11.3 Å². The Labute approximate surface area is 162 Å². The summed E-state index contributed by atoms with van der Waals surface area (Å²) in [6.07, 6.45) is 2.20. The summed E-state index contributed by atoms with van der Waals surface area (Å²) in [6, 6.07) is 12.8. The van der Waals surface area contributed by atoms with E-state index < -0.39 is 0 Å². The molecule has 0 saturated carbocycles. The van der Waals surface area contributed by atoms with Crippen LogP contribution in [-0.4, -0.2) is 36.5 Å². The molecule has 5 nitrogen and oxygen atoms in total. The number of thiophene rings is 1. The Morgan fingerprint density at radius 1 is 1.27 bits per heavy atom. The van der Waals surface area contributed by atoms with Gasteiger partial charge in [0.2, 0.25) is 6.41 Å². The van der Waals surface area contributed by atoms with Crippen LogP contribution in [0.2, 0.25) is 4.34 Å². The van der Waals surface area contributed by atoms with E-state index in [0.717, 1.165) is 24.3 Å². The molecule has 1 atom stereocenters. The maximum Gasteiger partial charge on any atom is 0.415 e. The predicted octanol–water partition coefficient (Wildman–Crippen LogP) is 4.66. The fourth-order valence-corrected chi connectivity index (χ4v) is 4.32. The van der Waals surface area contributed by atoms with E-state index in [1.54, 1.807) is 28.0 Å². The lowest BCUT2D eigenvalue weighted by atomic mass is 9.90. The first-order valence-electron chi connectivity index (χ1n) is 8.59. The SMILES string of the molecule is CC(C1CCN(C(=O)Oc2ccccc2)CC1)N(C=O)c1ccc(Cl)s1. The van der Waals surface area contributed by atoms with Gasteiger partial charge in [0.1, 0.15) is 5.75 Å². The fourth-order valence-electron chi connectivity index (χ4n) is 3.24. The van der Waals surface area contributed by atoms with Crippen molar-refractivity contribution >= 4 is 40.4 Å². The number of carbonyl (C=O) groups excluding carboxylic acids is 2. The molecule has 2 amide bonds. The van der Waals surface area contributed by atoms with Crippen molar-refractivity contribution in [1.82, 2.24) is 4.90 Å². The summed E-state index contributed by atoms with van der Waals surface area (Å²) < 4.78 is 6.06. The molecule has 1 aromatic carbocycles. The van der Waals surface area contributed by atoms with Crippen molar-refractivity contribution in [2.75, 3.05) is 18.0 Å². The van der Waals surface area contributed by atoms with Crippen molar-refractivity contribution in [1.29, 1.82) is 0 Å². The Bertz CT molecular complexity index is 744. The highest BCUT2D eigenvalue weighted by atomic mass is 35.5. The first-order valence-corrected chi connectivity index (χ1v) is 9.78. The van der Waals surface area contributed by atoms with Crippen LogP contribution in [0.25, 0.3) is 0 Å². The van der Waals surface area contributed by atoms with Crippen LogP contribution < -0.4 is 9.64 Å². The molecule has 1 fully saturated rings. The summed E-state index contributed by atoms with van der Waals surface area (Å²) in [7, 11) is 0. The van der Waals surface area contributed by atoms with Gasteiger partial charge < -0.3 is 14.5 Å².